The van der Waals surface area contributed by atoms with E-state index in [-0.39, 0.29) is 35.8 Å². The lowest BCUT2D eigenvalue weighted by Crippen LogP contribution is -2.61. The summed E-state index contributed by atoms with van der Waals surface area (Å²) < 4.78 is 13.5. The maximum absolute atomic E-state index is 13.5. The predicted molar refractivity (Wildman–Crippen MR) is 107 cm³/mol. The fourth-order valence-corrected chi connectivity index (χ4v) is 5.02. The van der Waals surface area contributed by atoms with E-state index in [0.717, 1.165) is 30.5 Å². The van der Waals surface area contributed by atoms with E-state index in [4.69, 9.17) is 0 Å². The van der Waals surface area contributed by atoms with Crippen molar-refractivity contribution in [2.24, 2.45) is 5.92 Å². The fourth-order valence-electron chi connectivity index (χ4n) is 5.02. The molecule has 3 atom stereocenters. The highest BCUT2D eigenvalue weighted by atomic mass is 19.1. The number of amides is 3. The molecule has 6 heteroatoms. The smallest absolute Gasteiger partial charge is 0.318 e. The molecule has 6 rings (SSSR count). The summed E-state index contributed by atoms with van der Waals surface area (Å²) in [6.07, 6.45) is 2.26. The first-order valence-corrected chi connectivity index (χ1v) is 10.3. The minimum absolute atomic E-state index is 0.0000110. The van der Waals surface area contributed by atoms with Crippen LogP contribution in [0.15, 0.2) is 48.5 Å². The molecule has 0 aromatic heterocycles. The van der Waals surface area contributed by atoms with E-state index < -0.39 is 0 Å². The van der Waals surface area contributed by atoms with Crippen molar-refractivity contribution in [2.45, 2.75) is 31.3 Å². The van der Waals surface area contributed by atoms with Crippen molar-refractivity contribution in [1.29, 1.82) is 0 Å². The van der Waals surface area contributed by atoms with E-state index in [2.05, 4.69) is 17.4 Å². The van der Waals surface area contributed by atoms with Gasteiger partial charge in [0.15, 0.2) is 0 Å². The molecule has 150 valence electrons. The Morgan fingerprint density at radius 2 is 1.86 bits per heavy atom. The summed E-state index contributed by atoms with van der Waals surface area (Å²) in [7, 11) is 0. The van der Waals surface area contributed by atoms with Crippen LogP contribution < -0.4 is 5.32 Å². The number of hydrogen-bond acceptors (Lipinski definition) is 2. The Balaban J connectivity index is 1.43. The second kappa shape index (κ2) is 7.17. The molecular weight excluding hydrogens is 369 g/mol. The van der Waals surface area contributed by atoms with Crippen LogP contribution in [0.25, 0.3) is 0 Å². The summed E-state index contributed by atoms with van der Waals surface area (Å²) >= 11 is 0. The highest BCUT2D eigenvalue weighted by Crippen LogP contribution is 2.36. The number of carbonyl (C=O) groups excluding carboxylic acids is 2. The molecule has 2 unspecified atom stereocenters. The molecule has 0 saturated carbocycles. The fraction of sp³-hybridized carbons (Fsp3) is 0.391. The number of rotatable bonds is 2. The van der Waals surface area contributed by atoms with E-state index >= 15 is 0 Å². The van der Waals surface area contributed by atoms with E-state index in [1.54, 1.807) is 12.1 Å². The standard InChI is InChI=1S/C23H24FN3O2/c24-18-7-5-16(6-8-18)22-19-4-2-1-3-15(19)10-12-27(22)23(29)25-20-14-26-11-9-17(20)13-21(26)28/h1-8,17,20,22H,9-14H2,(H,25,29)/t17?,20?,22-/m0/s1. The third kappa shape index (κ3) is 3.26. The molecule has 3 amide bonds. The third-order valence-electron chi connectivity index (χ3n) is 6.58. The SMILES string of the molecule is O=C1CC2CCN1CC2NC(=O)N1CCc2ccccc2[C@@H]1c1ccc(F)cc1. The molecule has 2 aromatic rings. The van der Waals surface area contributed by atoms with Crippen LogP contribution in [-0.2, 0) is 11.2 Å². The monoisotopic (exact) mass is 393 g/mol. The van der Waals surface area contributed by atoms with Crippen molar-refractivity contribution in [3.05, 3.63) is 71.0 Å². The van der Waals surface area contributed by atoms with Gasteiger partial charge in [0.2, 0.25) is 5.91 Å². The maximum atomic E-state index is 13.5. The van der Waals surface area contributed by atoms with Crippen LogP contribution in [0, 0.1) is 11.7 Å². The van der Waals surface area contributed by atoms with Crippen LogP contribution in [0.4, 0.5) is 9.18 Å². The Hall–Kier alpha value is -2.89. The minimum Gasteiger partial charge on any atom is -0.341 e. The Kier molecular flexibility index (Phi) is 4.49. The molecule has 4 aliphatic heterocycles. The zero-order valence-electron chi connectivity index (χ0n) is 16.2. The van der Waals surface area contributed by atoms with Crippen molar-refractivity contribution in [3.63, 3.8) is 0 Å². The van der Waals surface area contributed by atoms with E-state index in [9.17, 15) is 14.0 Å². The number of hydrogen-bond donors (Lipinski definition) is 1. The van der Waals surface area contributed by atoms with Gasteiger partial charge in [-0.05, 0) is 47.6 Å². The van der Waals surface area contributed by atoms with Crippen LogP contribution in [0.1, 0.15) is 35.6 Å². The van der Waals surface area contributed by atoms with E-state index in [1.165, 1.54) is 17.7 Å². The van der Waals surface area contributed by atoms with Crippen molar-refractivity contribution < 1.29 is 14.0 Å². The first kappa shape index (κ1) is 18.2. The second-order valence-corrected chi connectivity index (χ2v) is 8.24. The molecule has 5 nitrogen and oxygen atoms in total. The van der Waals surface area contributed by atoms with Crippen molar-refractivity contribution in [1.82, 2.24) is 15.1 Å². The van der Waals surface area contributed by atoms with Crippen LogP contribution >= 0.6 is 0 Å². The van der Waals surface area contributed by atoms with Gasteiger partial charge in [-0.25, -0.2) is 9.18 Å². The number of benzene rings is 2. The molecule has 2 aromatic carbocycles. The zero-order valence-corrected chi connectivity index (χ0v) is 16.2. The van der Waals surface area contributed by atoms with Gasteiger partial charge < -0.3 is 15.1 Å². The van der Waals surface area contributed by atoms with Gasteiger partial charge >= 0.3 is 6.03 Å². The van der Waals surface area contributed by atoms with Gasteiger partial charge in [0, 0.05) is 26.1 Å². The first-order chi connectivity index (χ1) is 14.1. The van der Waals surface area contributed by atoms with Gasteiger partial charge in [0.1, 0.15) is 5.82 Å². The summed E-state index contributed by atoms with van der Waals surface area (Å²) in [5.41, 5.74) is 3.21. The number of nitrogens with zero attached hydrogens (tertiary/aromatic N) is 2. The normalized spacial score (nSPS) is 25.7. The molecule has 3 saturated heterocycles. The lowest BCUT2D eigenvalue weighted by molar-refractivity contribution is -0.140. The summed E-state index contributed by atoms with van der Waals surface area (Å²) in [5.74, 6) is 0.131. The summed E-state index contributed by atoms with van der Waals surface area (Å²) in [5, 5.41) is 3.20. The Bertz CT molecular complexity index is 945. The second-order valence-electron chi connectivity index (χ2n) is 8.24. The molecule has 4 aliphatic rings. The summed E-state index contributed by atoms with van der Waals surface area (Å²) in [4.78, 5) is 29.0. The highest BCUT2D eigenvalue weighted by Gasteiger charge is 2.41. The molecule has 0 aliphatic carbocycles. The van der Waals surface area contributed by atoms with E-state index in [0.29, 0.717) is 19.5 Å². The lowest BCUT2D eigenvalue weighted by Gasteiger charge is -2.46. The molecule has 0 spiro atoms. The topological polar surface area (TPSA) is 52.7 Å². The van der Waals surface area contributed by atoms with Gasteiger partial charge in [-0.15, -0.1) is 0 Å². The quantitative estimate of drug-likeness (QED) is 0.853. The summed E-state index contributed by atoms with van der Waals surface area (Å²) in [6, 6.07) is 14.2. The van der Waals surface area contributed by atoms with Gasteiger partial charge in [-0.3, -0.25) is 4.79 Å². The van der Waals surface area contributed by atoms with Crippen LogP contribution in [0.2, 0.25) is 0 Å². The summed E-state index contributed by atoms with van der Waals surface area (Å²) in [6.45, 7) is 2.00. The number of carbonyl (C=O) groups is 2. The number of halogens is 1. The Labute approximate surface area is 169 Å². The lowest BCUT2D eigenvalue weighted by atomic mass is 9.83. The predicted octanol–water partition coefficient (Wildman–Crippen LogP) is 3.10. The highest BCUT2D eigenvalue weighted by molar-refractivity contribution is 5.80. The largest absolute Gasteiger partial charge is 0.341 e. The van der Waals surface area contributed by atoms with Crippen LogP contribution in [0.3, 0.4) is 0 Å². The average molecular weight is 393 g/mol. The van der Waals surface area contributed by atoms with Gasteiger partial charge in [-0.2, -0.15) is 0 Å². The molecule has 2 bridgehead atoms. The molecular formula is C23H24FN3O2. The van der Waals surface area contributed by atoms with E-state index in [1.807, 2.05) is 21.9 Å². The van der Waals surface area contributed by atoms with Crippen molar-refractivity contribution >= 4 is 11.9 Å². The Morgan fingerprint density at radius 3 is 2.59 bits per heavy atom. The third-order valence-corrected chi connectivity index (χ3v) is 6.58. The van der Waals surface area contributed by atoms with Crippen molar-refractivity contribution in [2.75, 3.05) is 19.6 Å². The molecule has 0 radical (unpaired) electrons. The van der Waals surface area contributed by atoms with Crippen LogP contribution in [0.5, 0.6) is 0 Å². The maximum Gasteiger partial charge on any atom is 0.318 e. The zero-order chi connectivity index (χ0) is 20.0. The number of fused-ring (bicyclic) bond motifs is 4. The van der Waals surface area contributed by atoms with Gasteiger partial charge in [0.25, 0.3) is 0 Å². The molecule has 1 N–H and O–H groups in total. The minimum atomic E-state index is -0.286. The number of piperidine rings is 3. The first-order valence-electron chi connectivity index (χ1n) is 10.3. The molecule has 4 heterocycles. The van der Waals surface area contributed by atoms with Crippen LogP contribution in [-0.4, -0.2) is 47.4 Å². The van der Waals surface area contributed by atoms with Gasteiger partial charge in [-0.1, -0.05) is 36.4 Å². The molecule has 3 fully saturated rings. The molecule has 29 heavy (non-hydrogen) atoms. The average Bonchev–Trinajstić information content (AvgIpc) is 2.74. The van der Waals surface area contributed by atoms with Crippen molar-refractivity contribution in [3.8, 4) is 0 Å². The number of nitrogens with one attached hydrogen (secondary N) is 1. The Morgan fingerprint density at radius 1 is 1.07 bits per heavy atom. The number of urea groups is 1. The van der Waals surface area contributed by atoms with Gasteiger partial charge in [0.05, 0.1) is 12.1 Å².